The summed E-state index contributed by atoms with van der Waals surface area (Å²) in [4.78, 5) is 36.9. The van der Waals surface area contributed by atoms with Crippen LogP contribution >= 0.6 is 11.6 Å². The maximum atomic E-state index is 11.8. The average molecular weight is 273 g/mol. The predicted octanol–water partition coefficient (Wildman–Crippen LogP) is 0.201. The van der Waals surface area contributed by atoms with Crippen molar-refractivity contribution in [3.63, 3.8) is 0 Å². The van der Waals surface area contributed by atoms with Crippen LogP contribution in [0.4, 0.5) is 5.69 Å². The van der Waals surface area contributed by atoms with Gasteiger partial charge in [0.25, 0.3) is 11.6 Å². The van der Waals surface area contributed by atoms with Crippen LogP contribution < -0.4 is 5.73 Å². The van der Waals surface area contributed by atoms with Gasteiger partial charge in [-0.1, -0.05) is 11.6 Å². The first-order valence-corrected chi connectivity index (χ1v) is 5.04. The molecule has 0 spiro atoms. The quantitative estimate of drug-likeness (QED) is 0.477. The van der Waals surface area contributed by atoms with E-state index in [1.165, 1.54) is 7.05 Å². The highest BCUT2D eigenvalue weighted by Crippen LogP contribution is 2.20. The van der Waals surface area contributed by atoms with Crippen molar-refractivity contribution in [1.82, 2.24) is 9.88 Å². The van der Waals surface area contributed by atoms with E-state index in [0.717, 1.165) is 17.2 Å². The van der Waals surface area contributed by atoms with E-state index in [1.54, 1.807) is 0 Å². The Morgan fingerprint density at radius 3 is 2.72 bits per heavy atom. The second kappa shape index (κ2) is 5.41. The number of primary amides is 1. The van der Waals surface area contributed by atoms with Gasteiger partial charge in [0.15, 0.2) is 0 Å². The number of nitrogens with zero attached hydrogens (tertiary/aromatic N) is 3. The van der Waals surface area contributed by atoms with Crippen molar-refractivity contribution in [1.29, 1.82) is 0 Å². The smallest absolute Gasteiger partial charge is 0.288 e. The maximum Gasteiger partial charge on any atom is 0.288 e. The number of carbonyl (C=O) groups excluding carboxylic acids is 2. The lowest BCUT2D eigenvalue weighted by Gasteiger charge is -2.15. The first-order valence-electron chi connectivity index (χ1n) is 4.66. The largest absolute Gasteiger partial charge is 0.368 e. The van der Waals surface area contributed by atoms with E-state index in [0.29, 0.717) is 0 Å². The van der Waals surface area contributed by atoms with E-state index >= 15 is 0 Å². The van der Waals surface area contributed by atoms with Gasteiger partial charge in [-0.3, -0.25) is 19.7 Å². The Bertz CT molecular complexity index is 519. The molecule has 1 aromatic heterocycles. The molecule has 0 aliphatic rings. The highest BCUT2D eigenvalue weighted by Gasteiger charge is 2.20. The summed E-state index contributed by atoms with van der Waals surface area (Å²) >= 11 is 5.68. The molecule has 0 saturated carbocycles. The SMILES string of the molecule is CN(CC(N)=O)C(=O)c1cc([N+](=O)[O-])cnc1Cl. The Labute approximate surface area is 106 Å². The van der Waals surface area contributed by atoms with Crippen molar-refractivity contribution < 1.29 is 14.5 Å². The summed E-state index contributed by atoms with van der Waals surface area (Å²) in [7, 11) is 1.32. The van der Waals surface area contributed by atoms with Crippen molar-refractivity contribution in [2.24, 2.45) is 5.73 Å². The topological polar surface area (TPSA) is 119 Å². The standard InChI is InChI=1S/C9H9ClN4O4/c1-13(4-7(11)15)9(16)6-2-5(14(17)18)3-12-8(6)10/h2-3H,4H2,1H3,(H2,11,15). The van der Waals surface area contributed by atoms with Crippen LogP contribution in [0.3, 0.4) is 0 Å². The fraction of sp³-hybridized carbons (Fsp3) is 0.222. The lowest BCUT2D eigenvalue weighted by Crippen LogP contribution is -2.35. The van der Waals surface area contributed by atoms with Crippen LogP contribution in [-0.2, 0) is 4.79 Å². The Morgan fingerprint density at radius 1 is 1.61 bits per heavy atom. The van der Waals surface area contributed by atoms with Crippen LogP contribution in [0, 0.1) is 10.1 Å². The Balaban J connectivity index is 3.08. The molecule has 8 nitrogen and oxygen atoms in total. The van der Waals surface area contributed by atoms with Gasteiger partial charge in [-0.05, 0) is 0 Å². The number of halogens is 1. The molecule has 0 aliphatic carbocycles. The number of hydrogen-bond acceptors (Lipinski definition) is 5. The minimum atomic E-state index is -0.708. The summed E-state index contributed by atoms with van der Waals surface area (Å²) in [5.74, 6) is -1.38. The molecular weight excluding hydrogens is 264 g/mol. The minimum Gasteiger partial charge on any atom is -0.368 e. The third-order valence-corrected chi connectivity index (χ3v) is 2.31. The normalized spacial score (nSPS) is 9.89. The number of nitro groups is 1. The summed E-state index contributed by atoms with van der Waals surface area (Å²) in [6.45, 7) is -0.322. The van der Waals surface area contributed by atoms with Crippen molar-refractivity contribution in [3.05, 3.63) is 33.1 Å². The Morgan fingerprint density at radius 2 is 2.22 bits per heavy atom. The van der Waals surface area contributed by atoms with Gasteiger partial charge >= 0.3 is 0 Å². The van der Waals surface area contributed by atoms with E-state index in [9.17, 15) is 19.7 Å². The second-order valence-electron chi connectivity index (χ2n) is 3.42. The van der Waals surface area contributed by atoms with Crippen LogP contribution in [0.2, 0.25) is 5.15 Å². The van der Waals surface area contributed by atoms with Crippen LogP contribution in [0.15, 0.2) is 12.3 Å². The van der Waals surface area contributed by atoms with Crippen LogP contribution in [0.1, 0.15) is 10.4 Å². The Kier molecular flexibility index (Phi) is 4.16. The van der Waals surface area contributed by atoms with Crippen molar-refractivity contribution >= 4 is 29.1 Å². The monoisotopic (exact) mass is 272 g/mol. The fourth-order valence-electron chi connectivity index (χ4n) is 1.20. The number of pyridine rings is 1. The zero-order valence-corrected chi connectivity index (χ0v) is 10.0. The van der Waals surface area contributed by atoms with E-state index < -0.39 is 16.7 Å². The number of nitrogens with two attached hydrogens (primary N) is 1. The molecule has 0 aromatic carbocycles. The van der Waals surface area contributed by atoms with Gasteiger partial charge in [-0.2, -0.15) is 0 Å². The predicted molar refractivity (Wildman–Crippen MR) is 62.1 cm³/mol. The van der Waals surface area contributed by atoms with E-state index in [1.807, 2.05) is 0 Å². The van der Waals surface area contributed by atoms with Gasteiger partial charge in [0.05, 0.1) is 17.0 Å². The molecule has 2 N–H and O–H groups in total. The first kappa shape index (κ1) is 13.8. The maximum absolute atomic E-state index is 11.8. The summed E-state index contributed by atoms with van der Waals surface area (Å²) in [5, 5.41) is 10.4. The zero-order chi connectivity index (χ0) is 13.9. The lowest BCUT2D eigenvalue weighted by molar-refractivity contribution is -0.385. The van der Waals surface area contributed by atoms with E-state index in [2.05, 4.69) is 4.98 Å². The van der Waals surface area contributed by atoms with Crippen LogP contribution in [0.5, 0.6) is 0 Å². The molecule has 0 unspecified atom stereocenters. The third-order valence-electron chi connectivity index (χ3n) is 2.01. The third kappa shape index (κ3) is 3.14. The van der Waals surface area contributed by atoms with E-state index in [4.69, 9.17) is 17.3 Å². The van der Waals surface area contributed by atoms with Gasteiger partial charge in [0.2, 0.25) is 5.91 Å². The van der Waals surface area contributed by atoms with Crippen molar-refractivity contribution in [3.8, 4) is 0 Å². The lowest BCUT2D eigenvalue weighted by atomic mass is 10.2. The molecule has 2 amide bonds. The molecule has 18 heavy (non-hydrogen) atoms. The number of hydrogen-bond donors (Lipinski definition) is 1. The number of likely N-dealkylation sites (N-methyl/N-ethyl adjacent to an activating group) is 1. The molecule has 0 atom stereocenters. The highest BCUT2D eigenvalue weighted by molar-refractivity contribution is 6.32. The average Bonchev–Trinajstić information content (AvgIpc) is 2.27. The van der Waals surface area contributed by atoms with E-state index in [-0.39, 0.29) is 22.9 Å². The summed E-state index contributed by atoms with van der Waals surface area (Å²) < 4.78 is 0. The number of rotatable bonds is 4. The van der Waals surface area contributed by atoms with Gasteiger partial charge in [0.1, 0.15) is 11.3 Å². The van der Waals surface area contributed by atoms with Gasteiger partial charge in [-0.15, -0.1) is 0 Å². The van der Waals surface area contributed by atoms with Gasteiger partial charge in [0, 0.05) is 13.1 Å². The van der Waals surface area contributed by atoms with Gasteiger partial charge < -0.3 is 10.6 Å². The molecule has 1 heterocycles. The number of aromatic nitrogens is 1. The fourth-order valence-corrected chi connectivity index (χ4v) is 1.38. The highest BCUT2D eigenvalue weighted by atomic mass is 35.5. The van der Waals surface area contributed by atoms with Crippen LogP contribution in [0.25, 0.3) is 0 Å². The molecule has 0 aliphatic heterocycles. The van der Waals surface area contributed by atoms with Crippen molar-refractivity contribution in [2.75, 3.05) is 13.6 Å². The zero-order valence-electron chi connectivity index (χ0n) is 9.29. The molecule has 0 saturated heterocycles. The van der Waals surface area contributed by atoms with Gasteiger partial charge in [-0.25, -0.2) is 4.98 Å². The minimum absolute atomic E-state index is 0.158. The first-order chi connectivity index (χ1) is 8.32. The van der Waals surface area contributed by atoms with Crippen molar-refractivity contribution in [2.45, 2.75) is 0 Å². The number of amides is 2. The molecule has 1 aromatic rings. The molecule has 0 fully saturated rings. The molecule has 9 heteroatoms. The molecule has 0 radical (unpaired) electrons. The summed E-state index contributed by atoms with van der Waals surface area (Å²) in [6, 6.07) is 0.995. The summed E-state index contributed by atoms with van der Waals surface area (Å²) in [6.07, 6.45) is 0.938. The number of carbonyl (C=O) groups is 2. The molecule has 1 rings (SSSR count). The molecular formula is C9H9ClN4O4. The molecule has 0 bridgehead atoms. The second-order valence-corrected chi connectivity index (χ2v) is 3.77. The van der Waals surface area contributed by atoms with Crippen LogP contribution in [-0.4, -0.2) is 40.2 Å². The molecule has 96 valence electrons. The summed E-state index contributed by atoms with van der Waals surface area (Å²) in [5.41, 5.74) is 4.41. The Hall–Kier alpha value is -2.22.